The number of nitrogens with two attached hydrogens (primary N) is 3. The first-order valence-corrected chi connectivity index (χ1v) is 8.44. The van der Waals surface area contributed by atoms with E-state index < -0.39 is 20.0 Å². The van der Waals surface area contributed by atoms with E-state index in [-0.39, 0.29) is 22.9 Å². The molecule has 0 amide bonds. The van der Waals surface area contributed by atoms with Crippen LogP contribution in [0.2, 0.25) is 0 Å². The zero-order valence-electron chi connectivity index (χ0n) is 10.3. The van der Waals surface area contributed by atoms with Crippen LogP contribution in [0.1, 0.15) is 5.56 Å². The highest BCUT2D eigenvalue weighted by Gasteiger charge is 2.15. The predicted octanol–water partition coefficient (Wildman–Crippen LogP) is -1.07. The zero-order valence-corrected chi connectivity index (χ0v) is 11.9. The number of anilines is 2. The molecule has 0 radical (unpaired) electrons. The van der Waals surface area contributed by atoms with Gasteiger partial charge >= 0.3 is 0 Å². The van der Waals surface area contributed by atoms with Crippen molar-refractivity contribution in [1.29, 1.82) is 0 Å². The maximum Gasteiger partial charge on any atom is 0.238 e. The van der Waals surface area contributed by atoms with Gasteiger partial charge in [0.25, 0.3) is 0 Å². The van der Waals surface area contributed by atoms with Crippen molar-refractivity contribution in [3.63, 3.8) is 0 Å². The van der Waals surface area contributed by atoms with Gasteiger partial charge in [-0.2, -0.15) is 0 Å². The topological polar surface area (TPSA) is 158 Å². The molecule has 0 aromatic heterocycles. The van der Waals surface area contributed by atoms with Crippen molar-refractivity contribution in [1.82, 2.24) is 0 Å². The third kappa shape index (κ3) is 4.67. The first-order valence-electron chi connectivity index (χ1n) is 5.18. The Morgan fingerprint density at radius 2 is 1.74 bits per heavy atom. The van der Waals surface area contributed by atoms with Crippen molar-refractivity contribution in [2.24, 2.45) is 10.3 Å². The minimum absolute atomic E-state index is 0.0349. The second-order valence-corrected chi connectivity index (χ2v) is 7.29. The number of hydrogen-bond donors (Lipinski definition) is 4. The molecule has 0 saturated heterocycles. The number of hydrogen-bond acceptors (Lipinski definition) is 6. The lowest BCUT2D eigenvalue weighted by molar-refractivity contribution is 0.595. The summed E-state index contributed by atoms with van der Waals surface area (Å²) in [5.41, 5.74) is 6.54. The molecule has 19 heavy (non-hydrogen) atoms. The van der Waals surface area contributed by atoms with Gasteiger partial charge in [-0.3, -0.25) is 0 Å². The van der Waals surface area contributed by atoms with Crippen LogP contribution in [-0.4, -0.2) is 29.1 Å². The van der Waals surface area contributed by atoms with Gasteiger partial charge in [-0.05, 0) is 24.6 Å². The lowest BCUT2D eigenvalue weighted by Crippen LogP contribution is -2.23. The Labute approximate surface area is 112 Å². The minimum atomic E-state index is -3.89. The number of sulfonamides is 2. The van der Waals surface area contributed by atoms with E-state index in [9.17, 15) is 16.8 Å². The average Bonchev–Trinajstić information content (AvgIpc) is 2.19. The Kier molecular flexibility index (Phi) is 4.40. The van der Waals surface area contributed by atoms with E-state index >= 15 is 0 Å². The van der Waals surface area contributed by atoms with Crippen LogP contribution in [0.25, 0.3) is 0 Å². The molecule has 0 spiro atoms. The van der Waals surface area contributed by atoms with Crippen molar-refractivity contribution < 1.29 is 16.8 Å². The number of benzene rings is 1. The fourth-order valence-electron chi connectivity index (χ4n) is 1.52. The SMILES string of the molecule is Cc1c(NCCS(N)(=O)=O)cc(N)cc1S(N)(=O)=O. The molecule has 0 aliphatic heterocycles. The molecule has 0 aliphatic carbocycles. The van der Waals surface area contributed by atoms with Crippen molar-refractivity contribution in [3.05, 3.63) is 17.7 Å². The van der Waals surface area contributed by atoms with E-state index in [0.717, 1.165) is 0 Å². The van der Waals surface area contributed by atoms with Crippen molar-refractivity contribution in [3.8, 4) is 0 Å². The van der Waals surface area contributed by atoms with Gasteiger partial charge in [-0.25, -0.2) is 27.1 Å². The Morgan fingerprint density at radius 1 is 1.16 bits per heavy atom. The summed E-state index contributed by atoms with van der Waals surface area (Å²) < 4.78 is 44.3. The van der Waals surface area contributed by atoms with E-state index in [1.54, 1.807) is 6.92 Å². The molecule has 1 aromatic carbocycles. The van der Waals surface area contributed by atoms with E-state index in [4.69, 9.17) is 16.0 Å². The van der Waals surface area contributed by atoms with Crippen LogP contribution in [0.4, 0.5) is 11.4 Å². The monoisotopic (exact) mass is 308 g/mol. The molecule has 0 saturated carbocycles. The Bertz CT molecular complexity index is 682. The first kappa shape index (κ1) is 15.7. The van der Waals surface area contributed by atoms with Crippen molar-refractivity contribution >= 4 is 31.4 Å². The number of nitrogens with one attached hydrogen (secondary N) is 1. The Balaban J connectivity index is 3.06. The smallest absolute Gasteiger partial charge is 0.238 e. The van der Waals surface area contributed by atoms with E-state index in [2.05, 4.69) is 5.32 Å². The Hall–Kier alpha value is -1.36. The van der Waals surface area contributed by atoms with Gasteiger partial charge in [0.15, 0.2) is 0 Å². The fourth-order valence-corrected chi connectivity index (χ4v) is 2.74. The molecular formula is C9H16N4O4S2. The standard InChI is InChI=1S/C9H16N4O4S2/c1-6-8(13-2-3-18(11,14)15)4-7(10)5-9(6)19(12,16)17/h4-5,13H,2-3,10H2,1H3,(H2,11,14,15)(H2,12,16,17). The molecule has 0 atom stereocenters. The molecule has 0 bridgehead atoms. The molecule has 1 aromatic rings. The molecule has 1 rings (SSSR count). The molecule has 7 N–H and O–H groups in total. The average molecular weight is 308 g/mol. The second kappa shape index (κ2) is 5.33. The van der Waals surface area contributed by atoms with Crippen LogP contribution < -0.4 is 21.3 Å². The summed E-state index contributed by atoms with van der Waals surface area (Å²) in [6.07, 6.45) is 0. The lowest BCUT2D eigenvalue weighted by Gasteiger charge is -2.13. The summed E-state index contributed by atoms with van der Waals surface area (Å²) in [6, 6.07) is 2.74. The van der Waals surface area contributed by atoms with Crippen LogP contribution in [0, 0.1) is 6.92 Å². The summed E-state index contributed by atoms with van der Waals surface area (Å²) in [6.45, 7) is 1.58. The largest absolute Gasteiger partial charge is 0.399 e. The molecular weight excluding hydrogens is 292 g/mol. The van der Waals surface area contributed by atoms with Crippen LogP contribution >= 0.6 is 0 Å². The van der Waals surface area contributed by atoms with Gasteiger partial charge in [0.1, 0.15) is 0 Å². The maximum absolute atomic E-state index is 11.4. The molecule has 0 unspecified atom stereocenters. The summed E-state index contributed by atoms with van der Waals surface area (Å²) in [5, 5.41) is 12.7. The third-order valence-electron chi connectivity index (χ3n) is 2.39. The third-order valence-corrected chi connectivity index (χ3v) is 4.20. The molecule has 0 heterocycles. The number of primary sulfonamides is 2. The Morgan fingerprint density at radius 3 is 2.21 bits per heavy atom. The molecule has 0 aliphatic rings. The highest BCUT2D eigenvalue weighted by Crippen LogP contribution is 2.25. The maximum atomic E-state index is 11.4. The van der Waals surface area contributed by atoms with Crippen LogP contribution in [0.3, 0.4) is 0 Å². The first-order chi connectivity index (χ1) is 8.50. The quantitative estimate of drug-likeness (QED) is 0.507. The highest BCUT2D eigenvalue weighted by molar-refractivity contribution is 7.89. The van der Waals surface area contributed by atoms with E-state index in [0.29, 0.717) is 11.3 Å². The van der Waals surface area contributed by atoms with Gasteiger partial charge in [-0.1, -0.05) is 0 Å². The lowest BCUT2D eigenvalue weighted by atomic mass is 10.2. The van der Waals surface area contributed by atoms with Gasteiger partial charge < -0.3 is 11.1 Å². The van der Waals surface area contributed by atoms with Gasteiger partial charge in [0.05, 0.1) is 10.6 Å². The summed E-state index contributed by atoms with van der Waals surface area (Å²) >= 11 is 0. The number of rotatable bonds is 5. The van der Waals surface area contributed by atoms with Crippen molar-refractivity contribution in [2.45, 2.75) is 11.8 Å². The normalized spacial score (nSPS) is 12.4. The molecule has 8 nitrogen and oxygen atoms in total. The number of nitrogen functional groups attached to an aromatic ring is 1. The highest BCUT2D eigenvalue weighted by atomic mass is 32.2. The van der Waals surface area contributed by atoms with E-state index in [1.165, 1.54) is 12.1 Å². The predicted molar refractivity (Wildman–Crippen MR) is 73.4 cm³/mol. The zero-order chi connectivity index (χ0) is 14.8. The van der Waals surface area contributed by atoms with Gasteiger partial charge in [0.2, 0.25) is 20.0 Å². The summed E-state index contributed by atoms with van der Waals surface area (Å²) in [7, 11) is -7.49. The van der Waals surface area contributed by atoms with Crippen molar-refractivity contribution in [2.75, 3.05) is 23.3 Å². The minimum Gasteiger partial charge on any atom is -0.399 e. The molecule has 108 valence electrons. The van der Waals surface area contributed by atoms with Crippen LogP contribution in [-0.2, 0) is 20.0 Å². The molecule has 0 fully saturated rings. The summed E-state index contributed by atoms with van der Waals surface area (Å²) in [5.74, 6) is -0.286. The fraction of sp³-hybridized carbons (Fsp3) is 0.333. The van der Waals surface area contributed by atoms with Gasteiger partial charge in [-0.15, -0.1) is 0 Å². The van der Waals surface area contributed by atoms with Crippen LogP contribution in [0.5, 0.6) is 0 Å². The van der Waals surface area contributed by atoms with E-state index in [1.807, 2.05) is 0 Å². The summed E-state index contributed by atoms with van der Waals surface area (Å²) in [4.78, 5) is -0.106. The second-order valence-electron chi connectivity index (χ2n) is 4.03. The van der Waals surface area contributed by atoms with Crippen LogP contribution in [0.15, 0.2) is 17.0 Å². The molecule has 10 heteroatoms. The van der Waals surface area contributed by atoms with Gasteiger partial charge in [0, 0.05) is 17.9 Å².